The molecule has 1 unspecified atom stereocenters. The molecule has 1 saturated carbocycles. The van der Waals surface area contributed by atoms with Crippen LogP contribution in [0.3, 0.4) is 0 Å². The van der Waals surface area contributed by atoms with Crippen molar-refractivity contribution in [3.63, 3.8) is 0 Å². The highest BCUT2D eigenvalue weighted by molar-refractivity contribution is 5.67. The zero-order chi connectivity index (χ0) is 11.7. The zero-order valence-electron chi connectivity index (χ0n) is 9.26. The van der Waals surface area contributed by atoms with E-state index in [1.165, 1.54) is 18.9 Å². The van der Waals surface area contributed by atoms with Gasteiger partial charge in [-0.3, -0.25) is 0 Å². The topological polar surface area (TPSA) is 38.0 Å². The van der Waals surface area contributed by atoms with Crippen LogP contribution in [0.1, 0.15) is 26.2 Å². The molecule has 0 aliphatic heterocycles. The molecule has 1 aromatic rings. The Morgan fingerprint density at radius 1 is 1.44 bits per heavy atom. The van der Waals surface area contributed by atoms with Gasteiger partial charge in [0.25, 0.3) is 0 Å². The third-order valence-electron chi connectivity index (χ3n) is 2.88. The minimum Gasteiger partial charge on any atom is -0.395 e. The van der Waals surface area contributed by atoms with E-state index in [1.807, 2.05) is 6.92 Å². The first-order chi connectivity index (χ1) is 7.56. The highest BCUT2D eigenvalue weighted by Crippen LogP contribution is 2.34. The van der Waals surface area contributed by atoms with E-state index in [9.17, 15) is 8.78 Å². The molecule has 4 heteroatoms. The lowest BCUT2D eigenvalue weighted by atomic mass is 10.1. The van der Waals surface area contributed by atoms with Crippen molar-refractivity contribution in [2.45, 2.75) is 32.2 Å². The zero-order valence-corrected chi connectivity index (χ0v) is 9.26. The number of hydrogen-bond acceptors (Lipinski definition) is 2. The monoisotopic (exact) mass is 226 g/mol. The van der Waals surface area contributed by atoms with E-state index < -0.39 is 11.6 Å². The summed E-state index contributed by atoms with van der Waals surface area (Å²) in [6, 6.07) is 2.23. The van der Waals surface area contributed by atoms with Crippen LogP contribution in [0.15, 0.2) is 12.1 Å². The van der Waals surface area contributed by atoms with Gasteiger partial charge in [-0.1, -0.05) is 12.8 Å². The molecule has 16 heavy (non-hydrogen) atoms. The van der Waals surface area contributed by atoms with Crippen molar-refractivity contribution in [2.75, 3.05) is 11.1 Å². The molecule has 0 bridgehead atoms. The fraction of sp³-hybridized carbons (Fsp3) is 0.500. The third kappa shape index (κ3) is 2.62. The highest BCUT2D eigenvalue weighted by atomic mass is 19.1. The van der Waals surface area contributed by atoms with Crippen LogP contribution < -0.4 is 11.1 Å². The normalized spacial score (nSPS) is 17.2. The van der Waals surface area contributed by atoms with Gasteiger partial charge in [0.15, 0.2) is 5.82 Å². The smallest absolute Gasteiger partial charge is 0.151 e. The lowest BCUT2D eigenvalue weighted by Gasteiger charge is -2.16. The van der Waals surface area contributed by atoms with Crippen LogP contribution in [-0.2, 0) is 0 Å². The number of anilines is 2. The Hall–Kier alpha value is -1.32. The maximum absolute atomic E-state index is 13.2. The van der Waals surface area contributed by atoms with Gasteiger partial charge in [-0.25, -0.2) is 8.78 Å². The number of nitrogens with one attached hydrogen (secondary N) is 1. The van der Waals surface area contributed by atoms with Crippen LogP contribution in [0.5, 0.6) is 0 Å². The average molecular weight is 226 g/mol. The maximum Gasteiger partial charge on any atom is 0.151 e. The summed E-state index contributed by atoms with van der Waals surface area (Å²) in [5.74, 6) is -0.545. The molecule has 0 aromatic heterocycles. The highest BCUT2D eigenvalue weighted by Gasteiger charge is 2.23. The van der Waals surface area contributed by atoms with Crippen molar-refractivity contribution in [3.05, 3.63) is 23.8 Å². The molecule has 1 atom stereocenters. The lowest BCUT2D eigenvalue weighted by Crippen LogP contribution is -2.17. The summed E-state index contributed by atoms with van der Waals surface area (Å²) in [7, 11) is 0. The number of nitrogen functional groups attached to an aromatic ring is 1. The summed E-state index contributed by atoms with van der Waals surface area (Å²) < 4.78 is 26.2. The Morgan fingerprint density at radius 2 is 2.12 bits per heavy atom. The van der Waals surface area contributed by atoms with E-state index in [2.05, 4.69) is 5.32 Å². The second-order valence-corrected chi connectivity index (χ2v) is 4.57. The molecular formula is C12H16F2N2. The fourth-order valence-electron chi connectivity index (χ4n) is 1.88. The molecule has 0 heterocycles. The number of benzene rings is 1. The molecule has 88 valence electrons. The Kier molecular flexibility index (Phi) is 2.99. The average Bonchev–Trinajstić information content (AvgIpc) is 2.97. The SMILES string of the molecule is CC(CC1CC1)Nc1cc(F)cc(F)c1N. The first-order valence-corrected chi connectivity index (χ1v) is 5.57. The van der Waals surface area contributed by atoms with E-state index in [0.29, 0.717) is 5.69 Å². The van der Waals surface area contributed by atoms with Gasteiger partial charge in [0.2, 0.25) is 0 Å². The summed E-state index contributed by atoms with van der Waals surface area (Å²) >= 11 is 0. The van der Waals surface area contributed by atoms with Gasteiger partial charge >= 0.3 is 0 Å². The van der Waals surface area contributed by atoms with E-state index in [4.69, 9.17) is 5.73 Å². The lowest BCUT2D eigenvalue weighted by molar-refractivity contribution is 0.585. The second-order valence-electron chi connectivity index (χ2n) is 4.57. The second kappa shape index (κ2) is 4.28. The Balaban J connectivity index is 2.07. The van der Waals surface area contributed by atoms with Crippen LogP contribution in [0.4, 0.5) is 20.2 Å². The third-order valence-corrected chi connectivity index (χ3v) is 2.88. The van der Waals surface area contributed by atoms with Gasteiger partial charge in [-0.15, -0.1) is 0 Å². The first kappa shape index (κ1) is 11.2. The summed E-state index contributed by atoms with van der Waals surface area (Å²) in [6.45, 7) is 2.00. The quantitative estimate of drug-likeness (QED) is 0.774. The van der Waals surface area contributed by atoms with Crippen molar-refractivity contribution < 1.29 is 8.78 Å². The van der Waals surface area contributed by atoms with Gasteiger partial charge in [0.05, 0.1) is 11.4 Å². The van der Waals surface area contributed by atoms with E-state index in [-0.39, 0.29) is 11.7 Å². The largest absolute Gasteiger partial charge is 0.395 e. The Labute approximate surface area is 93.8 Å². The molecule has 2 rings (SSSR count). The van der Waals surface area contributed by atoms with Crippen LogP contribution in [-0.4, -0.2) is 6.04 Å². The van der Waals surface area contributed by atoms with Crippen molar-refractivity contribution in [1.82, 2.24) is 0 Å². The standard InChI is InChI=1S/C12H16F2N2/c1-7(4-8-2-3-8)16-11-6-9(13)5-10(14)12(11)15/h5-8,16H,2-4,15H2,1H3. The number of rotatable bonds is 4. The maximum atomic E-state index is 13.2. The minimum atomic E-state index is -0.707. The van der Waals surface area contributed by atoms with Crippen LogP contribution >= 0.6 is 0 Å². The van der Waals surface area contributed by atoms with Gasteiger partial charge < -0.3 is 11.1 Å². The predicted octanol–water partition coefficient (Wildman–Crippen LogP) is 3.15. The molecule has 1 fully saturated rings. The number of nitrogens with two attached hydrogens (primary N) is 1. The fourth-order valence-corrected chi connectivity index (χ4v) is 1.88. The van der Waals surface area contributed by atoms with Crippen molar-refractivity contribution in [2.24, 2.45) is 5.92 Å². The molecule has 0 saturated heterocycles. The van der Waals surface area contributed by atoms with Crippen molar-refractivity contribution >= 4 is 11.4 Å². The molecule has 1 aromatic carbocycles. The molecule has 3 N–H and O–H groups in total. The number of halogens is 2. The van der Waals surface area contributed by atoms with Gasteiger partial charge in [-0.05, 0) is 25.3 Å². The molecule has 2 nitrogen and oxygen atoms in total. The molecule has 1 aliphatic carbocycles. The van der Waals surface area contributed by atoms with E-state index >= 15 is 0 Å². The summed E-state index contributed by atoms with van der Waals surface area (Å²) in [5.41, 5.74) is 5.88. The predicted molar refractivity (Wildman–Crippen MR) is 61.2 cm³/mol. The van der Waals surface area contributed by atoms with Gasteiger partial charge in [-0.2, -0.15) is 0 Å². The van der Waals surface area contributed by atoms with Crippen LogP contribution in [0, 0.1) is 17.6 Å². The van der Waals surface area contributed by atoms with E-state index in [0.717, 1.165) is 18.4 Å². The summed E-state index contributed by atoms with van der Waals surface area (Å²) in [5, 5.41) is 3.06. The Bertz CT molecular complexity index is 389. The van der Waals surface area contributed by atoms with Crippen molar-refractivity contribution in [1.29, 1.82) is 0 Å². The molecular weight excluding hydrogens is 210 g/mol. The minimum absolute atomic E-state index is 0.0101. The molecule has 1 aliphatic rings. The Morgan fingerprint density at radius 3 is 2.75 bits per heavy atom. The van der Waals surface area contributed by atoms with Gasteiger partial charge in [0, 0.05) is 12.1 Å². The summed E-state index contributed by atoms with van der Waals surface area (Å²) in [6.07, 6.45) is 3.55. The van der Waals surface area contributed by atoms with Crippen molar-refractivity contribution in [3.8, 4) is 0 Å². The van der Waals surface area contributed by atoms with Crippen LogP contribution in [0.2, 0.25) is 0 Å². The molecule has 0 radical (unpaired) electrons. The summed E-state index contributed by atoms with van der Waals surface area (Å²) in [4.78, 5) is 0. The molecule has 0 amide bonds. The van der Waals surface area contributed by atoms with Crippen LogP contribution in [0.25, 0.3) is 0 Å². The number of hydrogen-bond donors (Lipinski definition) is 2. The first-order valence-electron chi connectivity index (χ1n) is 5.57. The van der Waals surface area contributed by atoms with E-state index in [1.54, 1.807) is 0 Å². The molecule has 0 spiro atoms. The van der Waals surface area contributed by atoms with Gasteiger partial charge in [0.1, 0.15) is 5.82 Å².